The highest BCUT2D eigenvalue weighted by molar-refractivity contribution is 5.92. The average Bonchev–Trinajstić information content (AvgIpc) is 3.46. The van der Waals surface area contributed by atoms with Crippen LogP contribution in [0.3, 0.4) is 0 Å². The largest absolute Gasteiger partial charge is 0.383 e. The Morgan fingerprint density at radius 1 is 1.10 bits per heavy atom. The number of aromatic nitrogens is 1. The van der Waals surface area contributed by atoms with Gasteiger partial charge in [-0.25, -0.2) is 0 Å². The number of methoxy groups -OCH3 is 1. The molecule has 0 spiro atoms. The summed E-state index contributed by atoms with van der Waals surface area (Å²) in [6.45, 7) is 3.01. The van der Waals surface area contributed by atoms with Crippen LogP contribution in [0.5, 0.6) is 0 Å². The van der Waals surface area contributed by atoms with Gasteiger partial charge in [0.2, 0.25) is 0 Å². The van der Waals surface area contributed by atoms with E-state index in [1.165, 1.54) is 45.1 Å². The molecule has 3 atom stereocenters. The Kier molecular flexibility index (Phi) is 6.62. The van der Waals surface area contributed by atoms with Crippen LogP contribution in [0, 0.1) is 5.92 Å². The smallest absolute Gasteiger partial charge is 0.273 e. The van der Waals surface area contributed by atoms with Crippen LogP contribution in [0.15, 0.2) is 10.6 Å². The second-order valence-corrected chi connectivity index (χ2v) is 10.3. The molecule has 2 saturated carbocycles. The van der Waals surface area contributed by atoms with E-state index in [1.54, 1.807) is 7.11 Å². The molecule has 1 amide bonds. The summed E-state index contributed by atoms with van der Waals surface area (Å²) in [5.41, 5.74) is 0.451. The SMILES string of the molecule is COCCN[C@H]1CC[C@H](CN2[C@@H]3CC[C@H]2C[C@@H](NC(=O)c2cc(C4CC4)on2)C3)CC1. The van der Waals surface area contributed by atoms with Gasteiger partial charge in [-0.15, -0.1) is 0 Å². The van der Waals surface area contributed by atoms with E-state index < -0.39 is 0 Å². The van der Waals surface area contributed by atoms with Crippen molar-refractivity contribution in [3.8, 4) is 0 Å². The number of nitrogens with one attached hydrogen (secondary N) is 2. The molecule has 31 heavy (non-hydrogen) atoms. The normalized spacial score (nSPS) is 33.5. The van der Waals surface area contributed by atoms with Gasteiger partial charge in [0.15, 0.2) is 5.69 Å². The first kappa shape index (κ1) is 21.4. The number of carbonyl (C=O) groups excluding carboxylic acids is 1. The fourth-order valence-corrected chi connectivity index (χ4v) is 6.12. The summed E-state index contributed by atoms with van der Waals surface area (Å²) in [6.07, 6.45) is 12.3. The summed E-state index contributed by atoms with van der Waals surface area (Å²) in [7, 11) is 1.76. The second kappa shape index (κ2) is 9.59. The Morgan fingerprint density at radius 3 is 2.52 bits per heavy atom. The maximum Gasteiger partial charge on any atom is 0.273 e. The van der Waals surface area contributed by atoms with Crippen LogP contribution in [0.25, 0.3) is 0 Å². The number of rotatable bonds is 9. The topological polar surface area (TPSA) is 79.6 Å². The summed E-state index contributed by atoms with van der Waals surface area (Å²) in [5, 5.41) is 10.9. The van der Waals surface area contributed by atoms with E-state index in [0.29, 0.717) is 29.7 Å². The van der Waals surface area contributed by atoms with Gasteiger partial charge >= 0.3 is 0 Å². The first-order chi connectivity index (χ1) is 15.2. The van der Waals surface area contributed by atoms with Gasteiger partial charge in [0.05, 0.1) is 6.61 Å². The first-order valence-electron chi connectivity index (χ1n) is 12.4. The van der Waals surface area contributed by atoms with Gasteiger partial charge in [0.1, 0.15) is 5.76 Å². The molecule has 4 aliphatic rings. The summed E-state index contributed by atoms with van der Waals surface area (Å²) in [6, 6.07) is 4.03. The third-order valence-corrected chi connectivity index (χ3v) is 8.02. The summed E-state index contributed by atoms with van der Waals surface area (Å²) in [4.78, 5) is 15.5. The lowest BCUT2D eigenvalue weighted by atomic mass is 9.84. The van der Waals surface area contributed by atoms with Crippen LogP contribution in [-0.4, -0.2) is 66.9 Å². The van der Waals surface area contributed by atoms with Crippen molar-refractivity contribution >= 4 is 5.91 Å². The van der Waals surface area contributed by atoms with Crippen LogP contribution in [0.4, 0.5) is 0 Å². The number of amides is 1. The van der Waals surface area contributed by atoms with Crippen molar-refractivity contribution < 1.29 is 14.1 Å². The molecule has 0 radical (unpaired) electrons. The highest BCUT2D eigenvalue weighted by Crippen LogP contribution is 2.40. The van der Waals surface area contributed by atoms with E-state index in [2.05, 4.69) is 20.7 Å². The number of nitrogens with zero attached hydrogens (tertiary/aromatic N) is 2. The molecule has 0 aromatic carbocycles. The van der Waals surface area contributed by atoms with Gasteiger partial charge < -0.3 is 19.9 Å². The third-order valence-electron chi connectivity index (χ3n) is 8.02. The average molecular weight is 431 g/mol. The maximum atomic E-state index is 12.7. The number of carbonyl (C=O) groups is 1. The first-order valence-corrected chi connectivity index (χ1v) is 12.4. The molecule has 2 aliphatic heterocycles. The van der Waals surface area contributed by atoms with Crippen molar-refractivity contribution in [2.75, 3.05) is 26.8 Å². The van der Waals surface area contributed by atoms with Crippen LogP contribution >= 0.6 is 0 Å². The number of piperidine rings is 1. The quantitative estimate of drug-likeness (QED) is 0.586. The lowest BCUT2D eigenvalue weighted by Crippen LogP contribution is -2.52. The van der Waals surface area contributed by atoms with E-state index in [-0.39, 0.29) is 11.9 Å². The summed E-state index contributed by atoms with van der Waals surface area (Å²) in [5.74, 6) is 2.13. The van der Waals surface area contributed by atoms with Gasteiger partial charge in [-0.3, -0.25) is 9.69 Å². The maximum absolute atomic E-state index is 12.7. The molecule has 7 nitrogen and oxygen atoms in total. The molecular formula is C24H38N4O3. The molecule has 172 valence electrons. The van der Waals surface area contributed by atoms with Crippen LogP contribution in [0.1, 0.15) is 86.4 Å². The minimum absolute atomic E-state index is 0.0622. The number of hydrogen-bond donors (Lipinski definition) is 2. The van der Waals surface area contributed by atoms with Crippen molar-refractivity contribution in [3.63, 3.8) is 0 Å². The molecule has 0 unspecified atom stereocenters. The third kappa shape index (κ3) is 5.15. The minimum atomic E-state index is -0.0622. The fourth-order valence-electron chi connectivity index (χ4n) is 6.12. The predicted molar refractivity (Wildman–Crippen MR) is 118 cm³/mol. The monoisotopic (exact) mass is 430 g/mol. The summed E-state index contributed by atoms with van der Waals surface area (Å²) < 4.78 is 10.5. The Bertz CT molecular complexity index is 727. The molecule has 5 rings (SSSR count). The Hall–Kier alpha value is -1.44. The van der Waals surface area contributed by atoms with Gasteiger partial charge in [-0.05, 0) is 70.1 Å². The highest BCUT2D eigenvalue weighted by Gasteiger charge is 2.42. The van der Waals surface area contributed by atoms with Crippen molar-refractivity contribution in [2.24, 2.45) is 5.92 Å². The molecule has 2 bridgehead atoms. The molecule has 1 aromatic heterocycles. The van der Waals surface area contributed by atoms with Crippen molar-refractivity contribution in [2.45, 2.75) is 94.3 Å². The molecule has 3 heterocycles. The molecule has 2 saturated heterocycles. The molecule has 7 heteroatoms. The molecule has 2 N–H and O–H groups in total. The highest BCUT2D eigenvalue weighted by atomic mass is 16.5. The standard InChI is InChI=1S/C24H38N4O3/c1-30-11-10-25-18-6-2-16(3-7-18)15-28-20-8-9-21(28)13-19(12-20)26-24(29)22-14-23(31-27-22)17-4-5-17/h14,16-21,25H,2-13,15H2,1H3,(H,26,29)/t16-,18-,19-,20+,21-. The van der Waals surface area contributed by atoms with Crippen LogP contribution in [-0.2, 0) is 4.74 Å². The zero-order valence-corrected chi connectivity index (χ0v) is 18.9. The number of fused-ring (bicyclic) bond motifs is 2. The van der Waals surface area contributed by atoms with Gasteiger partial charge in [0, 0.05) is 56.4 Å². The van der Waals surface area contributed by atoms with Crippen molar-refractivity contribution in [3.05, 3.63) is 17.5 Å². The van der Waals surface area contributed by atoms with E-state index >= 15 is 0 Å². The lowest BCUT2D eigenvalue weighted by Gasteiger charge is -2.42. The Morgan fingerprint density at radius 2 is 1.84 bits per heavy atom. The lowest BCUT2D eigenvalue weighted by molar-refractivity contribution is 0.0741. The van der Waals surface area contributed by atoms with E-state index in [9.17, 15) is 4.79 Å². The van der Waals surface area contributed by atoms with Crippen molar-refractivity contribution in [1.82, 2.24) is 20.7 Å². The molecule has 1 aromatic rings. The van der Waals surface area contributed by atoms with Gasteiger partial charge in [0.25, 0.3) is 5.91 Å². The Labute approximate surface area is 185 Å². The molecular weight excluding hydrogens is 392 g/mol. The van der Waals surface area contributed by atoms with Crippen molar-refractivity contribution in [1.29, 1.82) is 0 Å². The zero-order valence-electron chi connectivity index (χ0n) is 18.9. The second-order valence-electron chi connectivity index (χ2n) is 10.3. The molecule has 4 fully saturated rings. The van der Waals surface area contributed by atoms with E-state index in [0.717, 1.165) is 50.5 Å². The zero-order chi connectivity index (χ0) is 21.2. The fraction of sp³-hybridized carbons (Fsp3) is 0.833. The molecule has 2 aliphatic carbocycles. The van der Waals surface area contributed by atoms with Crippen LogP contribution in [0.2, 0.25) is 0 Å². The van der Waals surface area contributed by atoms with Gasteiger partial charge in [-0.2, -0.15) is 0 Å². The van der Waals surface area contributed by atoms with E-state index in [1.807, 2.05) is 6.07 Å². The Balaban J connectivity index is 1.07. The summed E-state index contributed by atoms with van der Waals surface area (Å²) >= 11 is 0. The number of ether oxygens (including phenoxy) is 1. The van der Waals surface area contributed by atoms with Crippen LogP contribution < -0.4 is 10.6 Å². The number of hydrogen-bond acceptors (Lipinski definition) is 6. The minimum Gasteiger partial charge on any atom is -0.383 e. The predicted octanol–water partition coefficient (Wildman–Crippen LogP) is 3.07. The van der Waals surface area contributed by atoms with Gasteiger partial charge in [-0.1, -0.05) is 5.16 Å². The van der Waals surface area contributed by atoms with E-state index in [4.69, 9.17) is 9.26 Å².